The summed E-state index contributed by atoms with van der Waals surface area (Å²) in [6, 6.07) is 7.96. The average Bonchev–Trinajstić information content (AvgIpc) is 2.05. The van der Waals surface area contributed by atoms with Crippen molar-refractivity contribution in [2.24, 2.45) is 4.99 Å². The van der Waals surface area contributed by atoms with E-state index < -0.39 is 0 Å². The molecule has 2 nitrogen and oxygen atoms in total. The zero-order valence-electron chi connectivity index (χ0n) is 5.45. The summed E-state index contributed by atoms with van der Waals surface area (Å²) in [6.45, 7) is 0.652. The summed E-state index contributed by atoms with van der Waals surface area (Å²) in [7, 11) is 0. The molecule has 0 saturated heterocycles. The highest BCUT2D eigenvalue weighted by Crippen LogP contribution is 2.21. The number of ether oxygens (including phenoxy) is 1. The molecule has 0 amide bonds. The summed E-state index contributed by atoms with van der Waals surface area (Å²) in [5, 5.41) is 0. The molecule has 0 saturated carbocycles. The molecule has 1 aliphatic heterocycles. The van der Waals surface area contributed by atoms with Crippen LogP contribution in [0.2, 0.25) is 0 Å². The third-order valence-corrected chi connectivity index (χ3v) is 1.50. The SMILES string of the molecule is C1=Nc2ccccc2CO1. The average molecular weight is 133 g/mol. The van der Waals surface area contributed by atoms with Gasteiger partial charge in [-0.1, -0.05) is 18.2 Å². The van der Waals surface area contributed by atoms with Crippen LogP contribution in [0.25, 0.3) is 0 Å². The zero-order chi connectivity index (χ0) is 6.81. The Balaban J connectivity index is 2.54. The van der Waals surface area contributed by atoms with E-state index in [2.05, 4.69) is 4.99 Å². The Morgan fingerprint density at radius 3 is 3.10 bits per heavy atom. The van der Waals surface area contributed by atoms with Gasteiger partial charge in [-0.25, -0.2) is 4.99 Å². The van der Waals surface area contributed by atoms with Gasteiger partial charge in [0.15, 0.2) is 6.40 Å². The summed E-state index contributed by atoms with van der Waals surface area (Å²) in [6.07, 6.45) is 1.49. The third-order valence-electron chi connectivity index (χ3n) is 1.50. The van der Waals surface area contributed by atoms with Crippen molar-refractivity contribution in [3.8, 4) is 0 Å². The molecule has 2 rings (SSSR count). The molecule has 0 N–H and O–H groups in total. The van der Waals surface area contributed by atoms with Crippen LogP contribution in [0.5, 0.6) is 0 Å². The Morgan fingerprint density at radius 1 is 1.30 bits per heavy atom. The molecule has 0 aliphatic carbocycles. The molecule has 0 bridgehead atoms. The van der Waals surface area contributed by atoms with E-state index in [1.54, 1.807) is 0 Å². The molecular formula is C8H7NO. The number of aliphatic imine (C=N–C) groups is 1. The summed E-state index contributed by atoms with van der Waals surface area (Å²) < 4.78 is 5.00. The van der Waals surface area contributed by atoms with Crippen LogP contribution in [0.4, 0.5) is 5.69 Å². The molecule has 1 heterocycles. The Hall–Kier alpha value is -1.31. The van der Waals surface area contributed by atoms with Gasteiger partial charge in [-0.15, -0.1) is 0 Å². The van der Waals surface area contributed by atoms with Gasteiger partial charge in [-0.2, -0.15) is 0 Å². The molecule has 0 fully saturated rings. The fourth-order valence-electron chi connectivity index (χ4n) is 0.980. The quantitative estimate of drug-likeness (QED) is 0.529. The minimum Gasteiger partial charge on any atom is -0.478 e. The molecule has 0 aromatic heterocycles. The fraction of sp³-hybridized carbons (Fsp3) is 0.125. The number of fused-ring (bicyclic) bond motifs is 1. The highest BCUT2D eigenvalue weighted by molar-refractivity contribution is 5.61. The lowest BCUT2D eigenvalue weighted by Crippen LogP contribution is -1.95. The summed E-state index contributed by atoms with van der Waals surface area (Å²) in [5.74, 6) is 0. The largest absolute Gasteiger partial charge is 0.478 e. The van der Waals surface area contributed by atoms with Crippen LogP contribution < -0.4 is 0 Å². The highest BCUT2D eigenvalue weighted by Gasteiger charge is 2.02. The number of rotatable bonds is 0. The van der Waals surface area contributed by atoms with Gasteiger partial charge in [-0.05, 0) is 6.07 Å². The molecule has 2 heteroatoms. The van der Waals surface area contributed by atoms with Crippen LogP contribution in [0.3, 0.4) is 0 Å². The van der Waals surface area contributed by atoms with Crippen molar-refractivity contribution in [2.75, 3.05) is 0 Å². The lowest BCUT2D eigenvalue weighted by molar-refractivity contribution is 0.303. The van der Waals surface area contributed by atoms with E-state index >= 15 is 0 Å². The van der Waals surface area contributed by atoms with E-state index in [1.807, 2.05) is 24.3 Å². The van der Waals surface area contributed by atoms with Gasteiger partial charge in [0.05, 0.1) is 5.69 Å². The van der Waals surface area contributed by atoms with Gasteiger partial charge >= 0.3 is 0 Å². The van der Waals surface area contributed by atoms with E-state index in [-0.39, 0.29) is 0 Å². The van der Waals surface area contributed by atoms with Crippen LogP contribution in [0.15, 0.2) is 29.3 Å². The van der Waals surface area contributed by atoms with Crippen molar-refractivity contribution in [3.05, 3.63) is 29.8 Å². The zero-order valence-corrected chi connectivity index (χ0v) is 5.45. The van der Waals surface area contributed by atoms with Gasteiger partial charge in [-0.3, -0.25) is 0 Å². The number of hydrogen-bond acceptors (Lipinski definition) is 2. The van der Waals surface area contributed by atoms with Crippen molar-refractivity contribution >= 4 is 12.1 Å². The van der Waals surface area contributed by atoms with Gasteiger partial charge in [0.25, 0.3) is 0 Å². The number of para-hydroxylation sites is 1. The van der Waals surface area contributed by atoms with Crippen LogP contribution in [-0.4, -0.2) is 6.40 Å². The normalized spacial score (nSPS) is 14.0. The third kappa shape index (κ3) is 0.778. The maximum absolute atomic E-state index is 5.00. The van der Waals surface area contributed by atoms with E-state index in [0.29, 0.717) is 6.61 Å². The van der Waals surface area contributed by atoms with Gasteiger partial charge in [0.2, 0.25) is 0 Å². The van der Waals surface area contributed by atoms with Gasteiger partial charge < -0.3 is 4.74 Å². The summed E-state index contributed by atoms with van der Waals surface area (Å²) in [5.41, 5.74) is 2.18. The first-order chi connectivity index (χ1) is 4.97. The number of benzene rings is 1. The topological polar surface area (TPSA) is 21.6 Å². The van der Waals surface area contributed by atoms with Crippen molar-refractivity contribution < 1.29 is 4.74 Å². The Kier molecular flexibility index (Phi) is 1.17. The van der Waals surface area contributed by atoms with E-state index in [0.717, 1.165) is 11.3 Å². The Morgan fingerprint density at radius 2 is 2.20 bits per heavy atom. The molecule has 1 aliphatic rings. The van der Waals surface area contributed by atoms with Crippen molar-refractivity contribution in [3.63, 3.8) is 0 Å². The van der Waals surface area contributed by atoms with Crippen LogP contribution in [0.1, 0.15) is 5.56 Å². The maximum atomic E-state index is 5.00. The minimum absolute atomic E-state index is 0.652. The standard InChI is InChI=1S/C8H7NO/c1-2-4-8-7(3-1)5-10-6-9-8/h1-4,6H,5H2. The summed E-state index contributed by atoms with van der Waals surface area (Å²) in [4.78, 5) is 4.05. The summed E-state index contributed by atoms with van der Waals surface area (Å²) >= 11 is 0. The van der Waals surface area contributed by atoms with E-state index in [4.69, 9.17) is 4.74 Å². The molecule has 1 aromatic rings. The lowest BCUT2D eigenvalue weighted by Gasteiger charge is -2.08. The first-order valence-electron chi connectivity index (χ1n) is 3.19. The number of hydrogen-bond donors (Lipinski definition) is 0. The monoisotopic (exact) mass is 133 g/mol. The molecule has 0 spiro atoms. The molecule has 50 valence electrons. The molecule has 0 radical (unpaired) electrons. The van der Waals surface area contributed by atoms with Gasteiger partial charge in [0.1, 0.15) is 6.61 Å². The van der Waals surface area contributed by atoms with Crippen LogP contribution in [0, 0.1) is 0 Å². The Labute approximate surface area is 59.2 Å². The molecular weight excluding hydrogens is 126 g/mol. The fourth-order valence-corrected chi connectivity index (χ4v) is 0.980. The smallest absolute Gasteiger partial charge is 0.175 e. The Bertz CT molecular complexity index is 268. The van der Waals surface area contributed by atoms with Gasteiger partial charge in [0, 0.05) is 5.56 Å². The molecule has 1 aromatic carbocycles. The maximum Gasteiger partial charge on any atom is 0.175 e. The first kappa shape index (κ1) is 5.47. The van der Waals surface area contributed by atoms with Crippen molar-refractivity contribution in [1.82, 2.24) is 0 Å². The van der Waals surface area contributed by atoms with E-state index in [9.17, 15) is 0 Å². The predicted octanol–water partition coefficient (Wildman–Crippen LogP) is 1.88. The van der Waals surface area contributed by atoms with Crippen molar-refractivity contribution in [1.29, 1.82) is 0 Å². The second-order valence-electron chi connectivity index (χ2n) is 2.17. The lowest BCUT2D eigenvalue weighted by atomic mass is 10.2. The second-order valence-corrected chi connectivity index (χ2v) is 2.17. The molecule has 10 heavy (non-hydrogen) atoms. The van der Waals surface area contributed by atoms with Crippen molar-refractivity contribution in [2.45, 2.75) is 6.61 Å². The minimum atomic E-state index is 0.652. The predicted molar refractivity (Wildman–Crippen MR) is 39.4 cm³/mol. The second kappa shape index (κ2) is 2.14. The van der Waals surface area contributed by atoms with Crippen LogP contribution in [-0.2, 0) is 11.3 Å². The van der Waals surface area contributed by atoms with Crippen LogP contribution >= 0.6 is 0 Å². The molecule has 0 atom stereocenters. The highest BCUT2D eigenvalue weighted by atomic mass is 16.5. The first-order valence-corrected chi connectivity index (χ1v) is 3.19. The number of nitrogens with zero attached hydrogens (tertiary/aromatic N) is 1. The molecule has 0 unspecified atom stereocenters. The van der Waals surface area contributed by atoms with E-state index in [1.165, 1.54) is 6.40 Å².